The second-order valence-corrected chi connectivity index (χ2v) is 4.28. The minimum atomic E-state index is 1.04. The van der Waals surface area contributed by atoms with Crippen molar-refractivity contribution < 1.29 is 0 Å². The van der Waals surface area contributed by atoms with Crippen molar-refractivity contribution in [1.82, 2.24) is 15.2 Å². The van der Waals surface area contributed by atoms with Crippen LogP contribution in [0.1, 0.15) is 32.3 Å². The molecule has 0 bridgehead atoms. The van der Waals surface area contributed by atoms with Gasteiger partial charge < -0.3 is 5.32 Å². The fourth-order valence-corrected chi connectivity index (χ4v) is 1.86. The molecule has 0 saturated carbocycles. The molecule has 3 heteroatoms. The van der Waals surface area contributed by atoms with Crippen LogP contribution < -0.4 is 5.32 Å². The summed E-state index contributed by atoms with van der Waals surface area (Å²) < 4.78 is 0. The number of hydrogen-bond acceptors (Lipinski definition) is 3. The number of pyridine rings is 1. The third-order valence-electron chi connectivity index (χ3n) is 2.93. The molecular formula is C14H25N3. The van der Waals surface area contributed by atoms with Gasteiger partial charge in [0.05, 0.1) is 0 Å². The van der Waals surface area contributed by atoms with Crippen molar-refractivity contribution in [2.75, 3.05) is 26.2 Å². The molecule has 17 heavy (non-hydrogen) atoms. The average molecular weight is 235 g/mol. The molecular weight excluding hydrogens is 210 g/mol. The molecule has 1 N–H and O–H groups in total. The van der Waals surface area contributed by atoms with E-state index in [-0.39, 0.29) is 0 Å². The van der Waals surface area contributed by atoms with E-state index in [1.807, 2.05) is 12.4 Å². The zero-order valence-corrected chi connectivity index (χ0v) is 11.2. The van der Waals surface area contributed by atoms with E-state index in [9.17, 15) is 0 Å². The molecule has 0 saturated heterocycles. The first-order chi connectivity index (χ1) is 8.36. The molecule has 0 aliphatic heterocycles. The Bertz CT molecular complexity index is 274. The Labute approximate surface area is 105 Å². The SMILES string of the molecule is CCNCCCCN(CC)Cc1ccncc1. The quantitative estimate of drug-likeness (QED) is 0.666. The first-order valence-electron chi connectivity index (χ1n) is 6.68. The summed E-state index contributed by atoms with van der Waals surface area (Å²) in [7, 11) is 0. The summed E-state index contributed by atoms with van der Waals surface area (Å²) in [4.78, 5) is 6.53. The van der Waals surface area contributed by atoms with Crippen molar-refractivity contribution >= 4 is 0 Å². The minimum Gasteiger partial charge on any atom is -0.317 e. The third-order valence-corrected chi connectivity index (χ3v) is 2.93. The molecule has 0 fully saturated rings. The summed E-state index contributed by atoms with van der Waals surface area (Å²) in [5.41, 5.74) is 1.36. The Balaban J connectivity index is 2.20. The molecule has 0 aliphatic rings. The highest BCUT2D eigenvalue weighted by molar-refractivity contribution is 5.09. The Kier molecular flexibility index (Phi) is 7.60. The number of unbranched alkanes of at least 4 members (excludes halogenated alkanes) is 1. The Hall–Kier alpha value is -0.930. The third kappa shape index (κ3) is 6.39. The van der Waals surface area contributed by atoms with Crippen molar-refractivity contribution in [2.45, 2.75) is 33.2 Å². The van der Waals surface area contributed by atoms with E-state index < -0.39 is 0 Å². The fourth-order valence-electron chi connectivity index (χ4n) is 1.86. The standard InChI is InChI=1S/C14H25N3/c1-3-15-9-5-6-12-17(4-2)13-14-7-10-16-11-8-14/h7-8,10-11,15H,3-6,9,12-13H2,1-2H3. The van der Waals surface area contributed by atoms with E-state index in [2.05, 4.69) is 41.2 Å². The van der Waals surface area contributed by atoms with Gasteiger partial charge in [0, 0.05) is 18.9 Å². The maximum absolute atomic E-state index is 4.05. The molecule has 0 radical (unpaired) electrons. The molecule has 3 nitrogen and oxygen atoms in total. The van der Waals surface area contributed by atoms with Crippen LogP contribution in [0.5, 0.6) is 0 Å². The van der Waals surface area contributed by atoms with Crippen LogP contribution in [0.2, 0.25) is 0 Å². The van der Waals surface area contributed by atoms with Gasteiger partial charge >= 0.3 is 0 Å². The Morgan fingerprint density at radius 3 is 2.59 bits per heavy atom. The number of nitrogens with one attached hydrogen (secondary N) is 1. The van der Waals surface area contributed by atoms with Crippen molar-refractivity contribution in [2.24, 2.45) is 0 Å². The topological polar surface area (TPSA) is 28.2 Å². The van der Waals surface area contributed by atoms with E-state index in [0.29, 0.717) is 0 Å². The van der Waals surface area contributed by atoms with Gasteiger partial charge in [0.1, 0.15) is 0 Å². The van der Waals surface area contributed by atoms with Gasteiger partial charge in [0.15, 0.2) is 0 Å². The highest BCUT2D eigenvalue weighted by Gasteiger charge is 2.02. The van der Waals surface area contributed by atoms with Gasteiger partial charge in [-0.05, 0) is 56.7 Å². The van der Waals surface area contributed by atoms with Crippen LogP contribution in [-0.4, -0.2) is 36.1 Å². The maximum atomic E-state index is 4.05. The monoisotopic (exact) mass is 235 g/mol. The van der Waals surface area contributed by atoms with Crippen LogP contribution in [0, 0.1) is 0 Å². The smallest absolute Gasteiger partial charge is 0.0271 e. The van der Waals surface area contributed by atoms with Crippen molar-refractivity contribution in [3.63, 3.8) is 0 Å². The first kappa shape index (κ1) is 14.1. The molecule has 1 heterocycles. The van der Waals surface area contributed by atoms with E-state index in [1.54, 1.807) is 0 Å². The molecule has 96 valence electrons. The first-order valence-corrected chi connectivity index (χ1v) is 6.68. The highest BCUT2D eigenvalue weighted by atomic mass is 15.1. The summed E-state index contributed by atoms with van der Waals surface area (Å²) in [5, 5.41) is 3.36. The number of hydrogen-bond donors (Lipinski definition) is 1. The van der Waals surface area contributed by atoms with Crippen molar-refractivity contribution in [1.29, 1.82) is 0 Å². The molecule has 1 aromatic rings. The maximum Gasteiger partial charge on any atom is 0.0271 e. The number of nitrogens with zero attached hydrogens (tertiary/aromatic N) is 2. The van der Waals surface area contributed by atoms with Gasteiger partial charge in [-0.3, -0.25) is 9.88 Å². The van der Waals surface area contributed by atoms with Crippen LogP contribution >= 0.6 is 0 Å². The predicted octanol–water partition coefficient (Wildman–Crippen LogP) is 2.29. The summed E-state index contributed by atoms with van der Waals surface area (Å²) in [6.07, 6.45) is 6.27. The van der Waals surface area contributed by atoms with E-state index >= 15 is 0 Å². The Morgan fingerprint density at radius 1 is 1.18 bits per heavy atom. The van der Waals surface area contributed by atoms with E-state index in [4.69, 9.17) is 0 Å². The fraction of sp³-hybridized carbons (Fsp3) is 0.643. The summed E-state index contributed by atoms with van der Waals surface area (Å²) in [6.45, 7) is 9.94. The molecule has 0 atom stereocenters. The second kappa shape index (κ2) is 9.14. The lowest BCUT2D eigenvalue weighted by molar-refractivity contribution is 0.273. The van der Waals surface area contributed by atoms with Gasteiger partial charge in [-0.25, -0.2) is 0 Å². The molecule has 0 spiro atoms. The average Bonchev–Trinajstić information content (AvgIpc) is 2.38. The molecule has 0 unspecified atom stereocenters. The zero-order chi connectivity index (χ0) is 12.3. The second-order valence-electron chi connectivity index (χ2n) is 4.28. The lowest BCUT2D eigenvalue weighted by Gasteiger charge is -2.20. The van der Waals surface area contributed by atoms with Gasteiger partial charge in [0.2, 0.25) is 0 Å². The number of rotatable bonds is 9. The van der Waals surface area contributed by atoms with E-state index in [1.165, 1.54) is 24.9 Å². The minimum absolute atomic E-state index is 1.04. The summed E-state index contributed by atoms with van der Waals surface area (Å²) >= 11 is 0. The highest BCUT2D eigenvalue weighted by Crippen LogP contribution is 2.04. The largest absolute Gasteiger partial charge is 0.317 e. The molecule has 0 amide bonds. The zero-order valence-electron chi connectivity index (χ0n) is 11.2. The van der Waals surface area contributed by atoms with Crippen LogP contribution in [0.4, 0.5) is 0 Å². The van der Waals surface area contributed by atoms with Crippen LogP contribution in [-0.2, 0) is 6.54 Å². The molecule has 0 aromatic carbocycles. The predicted molar refractivity (Wildman–Crippen MR) is 73.0 cm³/mol. The van der Waals surface area contributed by atoms with Gasteiger partial charge in [-0.15, -0.1) is 0 Å². The van der Waals surface area contributed by atoms with Gasteiger partial charge in [-0.2, -0.15) is 0 Å². The number of aromatic nitrogens is 1. The molecule has 1 rings (SSSR count). The van der Waals surface area contributed by atoms with Crippen LogP contribution in [0.25, 0.3) is 0 Å². The molecule has 0 aliphatic carbocycles. The van der Waals surface area contributed by atoms with Crippen LogP contribution in [0.15, 0.2) is 24.5 Å². The molecule has 1 aromatic heterocycles. The van der Waals surface area contributed by atoms with E-state index in [0.717, 1.165) is 26.2 Å². The Morgan fingerprint density at radius 2 is 1.94 bits per heavy atom. The van der Waals surface area contributed by atoms with Crippen molar-refractivity contribution in [3.8, 4) is 0 Å². The normalized spacial score (nSPS) is 11.0. The van der Waals surface area contributed by atoms with Gasteiger partial charge in [0.25, 0.3) is 0 Å². The lowest BCUT2D eigenvalue weighted by Crippen LogP contribution is -2.25. The lowest BCUT2D eigenvalue weighted by atomic mass is 10.2. The van der Waals surface area contributed by atoms with Crippen molar-refractivity contribution in [3.05, 3.63) is 30.1 Å². The summed E-state index contributed by atoms with van der Waals surface area (Å²) in [6, 6.07) is 4.20. The van der Waals surface area contributed by atoms with Crippen LogP contribution in [0.3, 0.4) is 0 Å². The van der Waals surface area contributed by atoms with Gasteiger partial charge in [-0.1, -0.05) is 13.8 Å². The summed E-state index contributed by atoms with van der Waals surface area (Å²) in [5.74, 6) is 0.